The van der Waals surface area contributed by atoms with Crippen LogP contribution in [0, 0.1) is 12.0 Å². The number of aromatic nitrogens is 2. The smallest absolute Gasteiger partial charge is 0.241 e. The van der Waals surface area contributed by atoms with Gasteiger partial charge in [-0.3, -0.25) is 4.79 Å². The summed E-state index contributed by atoms with van der Waals surface area (Å²) in [5, 5.41) is 4.18. The van der Waals surface area contributed by atoms with Crippen LogP contribution in [0.2, 0.25) is 0 Å². The monoisotopic (exact) mass is 374 g/mol. The van der Waals surface area contributed by atoms with Crippen LogP contribution in [0.3, 0.4) is 0 Å². The van der Waals surface area contributed by atoms with Crippen LogP contribution in [0.4, 0.5) is 10.7 Å². The first-order chi connectivity index (χ1) is 13.0. The minimum atomic E-state index is -0.174. The van der Waals surface area contributed by atoms with E-state index in [1.54, 1.807) is 6.33 Å². The first-order valence-corrected chi connectivity index (χ1v) is 9.75. The van der Waals surface area contributed by atoms with E-state index in [2.05, 4.69) is 40.0 Å². The van der Waals surface area contributed by atoms with Gasteiger partial charge in [-0.25, -0.2) is 9.83 Å². The van der Waals surface area contributed by atoms with Crippen molar-refractivity contribution in [1.82, 2.24) is 9.97 Å². The Bertz CT molecular complexity index is 1170. The Hall–Kier alpha value is -2.91. The first kappa shape index (κ1) is 16.3. The third-order valence-corrected chi connectivity index (χ3v) is 6.46. The Balaban J connectivity index is 1.80. The second-order valence-electron chi connectivity index (χ2n) is 8.00. The Morgan fingerprint density at radius 2 is 2.11 bits per heavy atom. The van der Waals surface area contributed by atoms with Gasteiger partial charge in [0.15, 0.2) is 5.78 Å². The number of imidazole rings is 1. The number of allylic oxidation sites excluding steroid dienone is 2. The van der Waals surface area contributed by atoms with E-state index in [9.17, 15) is 4.79 Å². The van der Waals surface area contributed by atoms with E-state index >= 15 is 0 Å². The molecule has 2 N–H and O–H groups in total. The van der Waals surface area contributed by atoms with E-state index in [0.29, 0.717) is 11.4 Å². The number of aromatic amines is 1. The number of Topliss-reactive ketones (excluding diaryl/α,β-unsaturated/α-hetero) is 1. The fraction of sp³-hybridized carbons (Fsp3) is 0.286. The number of carbonyl (C=O) groups is 1. The topological polar surface area (TPSA) is 62.1 Å². The number of fused-ring (bicyclic) bond motifs is 3. The third-order valence-electron chi connectivity index (χ3n) is 5.42. The molecular formula is C21H18N4OS. The normalized spacial score (nSPS) is 20.8. The van der Waals surface area contributed by atoms with Crippen LogP contribution in [0.5, 0.6) is 0 Å². The van der Waals surface area contributed by atoms with Gasteiger partial charge in [-0.1, -0.05) is 19.9 Å². The van der Waals surface area contributed by atoms with Gasteiger partial charge in [-0.2, -0.15) is 11.3 Å². The SMILES string of the molecule is [C-]#[N+]c1ccc(C2C3=C(CC(C)(C)CC3=O)Nc3ccc4[nH]cnc4c32)s1. The van der Waals surface area contributed by atoms with Crippen LogP contribution in [-0.2, 0) is 4.79 Å². The predicted molar refractivity (Wildman–Crippen MR) is 107 cm³/mol. The zero-order valence-electron chi connectivity index (χ0n) is 15.1. The largest absolute Gasteiger partial charge is 0.358 e. The summed E-state index contributed by atoms with van der Waals surface area (Å²) in [6.45, 7) is 11.6. The molecule has 1 aliphatic carbocycles. The molecule has 0 bridgehead atoms. The lowest BCUT2D eigenvalue weighted by Crippen LogP contribution is -2.33. The number of H-pyrrole nitrogens is 1. The Morgan fingerprint density at radius 3 is 2.89 bits per heavy atom. The second kappa shape index (κ2) is 5.54. The van der Waals surface area contributed by atoms with Crippen molar-refractivity contribution >= 4 is 38.8 Å². The standard InChI is InChI=1S/C21H18N4OS/c1-21(2)8-13-17(14(26)9-21)19(15-6-7-16(22-3)27-15)18-11(25-13)4-5-12-20(18)24-10-23-12/h4-7,10,19,25H,8-9H2,1-2H3,(H,23,24). The zero-order valence-corrected chi connectivity index (χ0v) is 15.9. The molecule has 3 aromatic rings. The molecular weight excluding hydrogens is 356 g/mol. The van der Waals surface area contributed by atoms with E-state index in [1.165, 1.54) is 11.3 Å². The second-order valence-corrected chi connectivity index (χ2v) is 9.10. The molecule has 6 heteroatoms. The molecule has 0 radical (unpaired) electrons. The maximum atomic E-state index is 13.2. The number of thiophene rings is 1. The van der Waals surface area contributed by atoms with E-state index in [0.717, 1.165) is 44.9 Å². The van der Waals surface area contributed by atoms with Gasteiger partial charge < -0.3 is 10.3 Å². The van der Waals surface area contributed by atoms with Gasteiger partial charge in [-0.15, -0.1) is 0 Å². The summed E-state index contributed by atoms with van der Waals surface area (Å²) in [4.78, 5) is 25.5. The fourth-order valence-electron chi connectivity index (χ4n) is 4.36. The summed E-state index contributed by atoms with van der Waals surface area (Å²) in [5.74, 6) is 0.0158. The molecule has 2 aliphatic rings. The molecule has 1 unspecified atom stereocenters. The van der Waals surface area contributed by atoms with E-state index in [4.69, 9.17) is 6.57 Å². The van der Waals surface area contributed by atoms with Gasteiger partial charge in [0.2, 0.25) is 5.00 Å². The molecule has 0 spiro atoms. The minimum Gasteiger partial charge on any atom is -0.358 e. The van der Waals surface area contributed by atoms with Crippen molar-refractivity contribution in [1.29, 1.82) is 0 Å². The molecule has 2 aromatic heterocycles. The fourth-order valence-corrected chi connectivity index (χ4v) is 5.27. The van der Waals surface area contributed by atoms with Crippen LogP contribution < -0.4 is 5.32 Å². The van der Waals surface area contributed by atoms with E-state index in [1.807, 2.05) is 18.2 Å². The van der Waals surface area contributed by atoms with Crippen molar-refractivity contribution in [3.8, 4) is 0 Å². The molecule has 0 saturated carbocycles. The minimum absolute atomic E-state index is 0.0570. The molecule has 0 fully saturated rings. The summed E-state index contributed by atoms with van der Waals surface area (Å²) in [5.41, 5.74) is 5.66. The van der Waals surface area contributed by atoms with Crippen molar-refractivity contribution in [2.75, 3.05) is 5.32 Å². The number of ketones is 1. The molecule has 134 valence electrons. The van der Waals surface area contributed by atoms with Crippen molar-refractivity contribution in [3.63, 3.8) is 0 Å². The van der Waals surface area contributed by atoms with Crippen LogP contribution in [-0.4, -0.2) is 15.8 Å². The number of hydrogen-bond donors (Lipinski definition) is 2. The molecule has 27 heavy (non-hydrogen) atoms. The van der Waals surface area contributed by atoms with Crippen LogP contribution in [0.1, 0.15) is 43.0 Å². The highest BCUT2D eigenvalue weighted by Gasteiger charge is 2.41. The highest BCUT2D eigenvalue weighted by Crippen LogP contribution is 2.52. The Morgan fingerprint density at radius 1 is 1.26 bits per heavy atom. The quantitative estimate of drug-likeness (QED) is 0.563. The van der Waals surface area contributed by atoms with E-state index in [-0.39, 0.29) is 17.1 Å². The number of anilines is 1. The van der Waals surface area contributed by atoms with Gasteiger partial charge in [0.05, 0.1) is 29.9 Å². The van der Waals surface area contributed by atoms with Crippen molar-refractivity contribution in [2.45, 2.75) is 32.6 Å². The Kier molecular flexibility index (Phi) is 3.34. The van der Waals surface area contributed by atoms with Gasteiger partial charge in [0, 0.05) is 33.8 Å². The average Bonchev–Trinajstić information content (AvgIpc) is 3.27. The molecule has 3 heterocycles. The third kappa shape index (κ3) is 2.42. The molecule has 0 amide bonds. The lowest BCUT2D eigenvalue weighted by molar-refractivity contribution is -0.118. The van der Waals surface area contributed by atoms with E-state index < -0.39 is 0 Å². The number of hydrogen-bond acceptors (Lipinski definition) is 4. The molecule has 0 saturated heterocycles. The predicted octanol–water partition coefficient (Wildman–Crippen LogP) is 5.38. The number of nitrogens with zero attached hydrogens (tertiary/aromatic N) is 2. The van der Waals surface area contributed by atoms with Crippen molar-refractivity contribution in [2.24, 2.45) is 5.41 Å². The number of benzene rings is 1. The zero-order chi connectivity index (χ0) is 18.8. The highest BCUT2D eigenvalue weighted by molar-refractivity contribution is 7.16. The highest BCUT2D eigenvalue weighted by atomic mass is 32.1. The summed E-state index contributed by atoms with van der Waals surface area (Å²) in [6, 6.07) is 7.91. The average molecular weight is 374 g/mol. The van der Waals surface area contributed by atoms with Gasteiger partial charge >= 0.3 is 0 Å². The summed E-state index contributed by atoms with van der Waals surface area (Å²) >= 11 is 1.47. The van der Waals surface area contributed by atoms with Crippen molar-refractivity contribution < 1.29 is 4.79 Å². The van der Waals surface area contributed by atoms with Gasteiger partial charge in [0.1, 0.15) is 0 Å². The summed E-state index contributed by atoms with van der Waals surface area (Å²) in [7, 11) is 0. The number of nitrogens with one attached hydrogen (secondary N) is 2. The maximum Gasteiger partial charge on any atom is 0.241 e. The van der Waals surface area contributed by atoms with Crippen LogP contribution in [0.15, 0.2) is 41.9 Å². The molecule has 5 nitrogen and oxygen atoms in total. The summed E-state index contributed by atoms with van der Waals surface area (Å²) < 4.78 is 0. The molecule has 5 rings (SSSR count). The lowest BCUT2D eigenvalue weighted by atomic mass is 9.70. The van der Waals surface area contributed by atoms with Gasteiger partial charge in [-0.05, 0) is 30.0 Å². The first-order valence-electron chi connectivity index (χ1n) is 8.93. The molecule has 1 aromatic carbocycles. The lowest BCUT2D eigenvalue weighted by Gasteiger charge is -2.39. The van der Waals surface area contributed by atoms with Gasteiger partial charge in [0.25, 0.3) is 0 Å². The Labute approximate surface area is 161 Å². The molecule has 1 atom stereocenters. The maximum absolute atomic E-state index is 13.2. The molecule has 1 aliphatic heterocycles. The summed E-state index contributed by atoms with van der Waals surface area (Å²) in [6.07, 6.45) is 3.07. The van der Waals surface area contributed by atoms with Crippen LogP contribution in [0.25, 0.3) is 15.9 Å². The van der Waals surface area contributed by atoms with Crippen LogP contribution >= 0.6 is 11.3 Å². The number of carbonyl (C=O) groups excluding carboxylic acids is 1. The number of rotatable bonds is 1. The van der Waals surface area contributed by atoms with Crippen molar-refractivity contribution in [3.05, 3.63) is 63.7 Å².